The van der Waals surface area contributed by atoms with Crippen molar-refractivity contribution in [3.05, 3.63) is 119 Å². The molecule has 0 aliphatic rings. The van der Waals surface area contributed by atoms with Gasteiger partial charge in [0.2, 0.25) is 0 Å². The zero-order valence-corrected chi connectivity index (χ0v) is 25.5. The van der Waals surface area contributed by atoms with Crippen molar-refractivity contribution >= 4 is 21.5 Å². The Morgan fingerprint density at radius 1 is 0.405 bits per heavy atom. The zero-order valence-electron chi connectivity index (χ0n) is 25.5. The summed E-state index contributed by atoms with van der Waals surface area (Å²) in [5, 5.41) is 4.60. The fourth-order valence-electron chi connectivity index (χ4n) is 4.31. The van der Waals surface area contributed by atoms with Crippen LogP contribution in [0.5, 0.6) is 11.5 Å². The molecule has 0 saturated heterocycles. The molecule has 0 heterocycles. The molecule has 5 aromatic carbocycles. The van der Waals surface area contributed by atoms with Gasteiger partial charge in [-0.25, -0.2) is 0 Å². The molecule has 0 saturated carbocycles. The summed E-state index contributed by atoms with van der Waals surface area (Å²) in [6, 6.07) is 33.1. The van der Waals surface area contributed by atoms with Gasteiger partial charge in [-0.2, -0.15) is 0 Å². The molecule has 0 aliphatic carbocycles. The van der Waals surface area contributed by atoms with E-state index in [1.54, 1.807) is 0 Å². The minimum Gasteiger partial charge on any atom is -0.493 e. The molecule has 210 valence electrons. The summed E-state index contributed by atoms with van der Waals surface area (Å²) in [7, 11) is 0. The average molecular weight is 551 g/mol. The van der Waals surface area contributed by atoms with Gasteiger partial charge in [0.25, 0.3) is 0 Å². The van der Waals surface area contributed by atoms with Crippen molar-refractivity contribution in [3.63, 3.8) is 0 Å². The number of ether oxygens (including phenoxy) is 2. The lowest BCUT2D eigenvalue weighted by atomic mass is 9.98. The summed E-state index contributed by atoms with van der Waals surface area (Å²) in [4.78, 5) is 0. The molecular formula is C40H38O2. The fourth-order valence-corrected chi connectivity index (χ4v) is 4.31. The molecule has 0 fully saturated rings. The highest BCUT2D eigenvalue weighted by Crippen LogP contribution is 2.25. The van der Waals surface area contributed by atoms with Gasteiger partial charge in [-0.15, -0.1) is 0 Å². The predicted octanol–water partition coefficient (Wildman–Crippen LogP) is 9.64. The van der Waals surface area contributed by atoms with E-state index in [-0.39, 0.29) is 10.8 Å². The van der Waals surface area contributed by atoms with E-state index in [4.69, 9.17) is 9.47 Å². The van der Waals surface area contributed by atoms with Gasteiger partial charge in [0.1, 0.15) is 11.5 Å². The highest BCUT2D eigenvalue weighted by molar-refractivity contribution is 5.86. The number of fused-ring (bicyclic) bond motifs is 2. The van der Waals surface area contributed by atoms with Gasteiger partial charge in [0, 0.05) is 22.3 Å². The quantitative estimate of drug-likeness (QED) is 0.207. The summed E-state index contributed by atoms with van der Waals surface area (Å²) < 4.78 is 11.9. The fraction of sp³-hybridized carbons (Fsp3) is 0.250. The van der Waals surface area contributed by atoms with E-state index in [0.717, 1.165) is 55.3 Å². The molecular weight excluding hydrogens is 512 g/mol. The van der Waals surface area contributed by atoms with Crippen LogP contribution in [0.15, 0.2) is 97.1 Å². The second-order valence-corrected chi connectivity index (χ2v) is 13.2. The molecule has 0 amide bonds. The van der Waals surface area contributed by atoms with E-state index in [9.17, 15) is 0 Å². The van der Waals surface area contributed by atoms with Crippen LogP contribution >= 0.6 is 0 Å². The Bertz CT molecular complexity index is 1700. The monoisotopic (exact) mass is 550 g/mol. The Labute approximate surface area is 250 Å². The Morgan fingerprint density at radius 2 is 0.714 bits per heavy atom. The first-order chi connectivity index (χ1) is 20.0. The minimum absolute atomic E-state index is 0.129. The van der Waals surface area contributed by atoms with Crippen LogP contribution in [0.4, 0.5) is 0 Å². The standard InChI is InChI=1S/C40H38O2/c1-39(2,3)27-41-37-21-19-33-23-31(15-17-35(33)25-37)13-11-29-7-9-30(10-8-29)12-14-32-16-18-36-26-38(22-20-34(36)24-32)42-28-40(4,5)6/h7-10,15-26H,27-28H2,1-6H3. The second kappa shape index (κ2) is 12.1. The lowest BCUT2D eigenvalue weighted by Gasteiger charge is -2.19. The molecule has 0 spiro atoms. The normalized spacial score (nSPS) is 11.4. The molecule has 0 aromatic heterocycles. The van der Waals surface area contributed by atoms with Crippen LogP contribution < -0.4 is 9.47 Å². The van der Waals surface area contributed by atoms with Gasteiger partial charge in [-0.05, 0) is 105 Å². The van der Waals surface area contributed by atoms with Crippen molar-refractivity contribution in [2.75, 3.05) is 13.2 Å². The largest absolute Gasteiger partial charge is 0.493 e. The van der Waals surface area contributed by atoms with E-state index in [1.807, 2.05) is 36.4 Å². The van der Waals surface area contributed by atoms with Crippen LogP contribution in [0.1, 0.15) is 63.8 Å². The maximum Gasteiger partial charge on any atom is 0.119 e. The Hall–Kier alpha value is -4.66. The van der Waals surface area contributed by atoms with Crippen molar-refractivity contribution < 1.29 is 9.47 Å². The second-order valence-electron chi connectivity index (χ2n) is 13.2. The smallest absolute Gasteiger partial charge is 0.119 e. The molecule has 0 atom stereocenters. The maximum absolute atomic E-state index is 5.96. The Kier molecular flexibility index (Phi) is 8.29. The predicted molar refractivity (Wildman–Crippen MR) is 176 cm³/mol. The molecule has 0 radical (unpaired) electrons. The summed E-state index contributed by atoms with van der Waals surface area (Å²) in [6.07, 6.45) is 0. The molecule has 0 N–H and O–H groups in total. The topological polar surface area (TPSA) is 18.5 Å². The molecule has 5 aromatic rings. The Balaban J connectivity index is 1.23. The zero-order chi connectivity index (χ0) is 29.7. The van der Waals surface area contributed by atoms with Gasteiger partial charge in [-0.1, -0.05) is 89.5 Å². The average Bonchev–Trinajstić information content (AvgIpc) is 2.96. The minimum atomic E-state index is 0.129. The third-order valence-electron chi connectivity index (χ3n) is 6.55. The lowest BCUT2D eigenvalue weighted by Crippen LogP contribution is -2.16. The van der Waals surface area contributed by atoms with E-state index in [0.29, 0.717) is 13.2 Å². The molecule has 0 aliphatic heterocycles. The molecule has 2 heteroatoms. The molecule has 2 nitrogen and oxygen atoms in total. The SMILES string of the molecule is CC(C)(C)COc1ccc2cc(C#Cc3ccc(C#Cc4ccc5cc(OCC(C)(C)C)ccc5c4)cc3)ccc2c1. The molecule has 5 rings (SSSR count). The summed E-state index contributed by atoms with van der Waals surface area (Å²) in [6.45, 7) is 14.4. The molecule has 0 bridgehead atoms. The van der Waals surface area contributed by atoms with Gasteiger partial charge in [0.15, 0.2) is 0 Å². The van der Waals surface area contributed by atoms with Crippen molar-refractivity contribution in [2.24, 2.45) is 10.8 Å². The number of hydrogen-bond donors (Lipinski definition) is 0. The number of hydrogen-bond acceptors (Lipinski definition) is 2. The van der Waals surface area contributed by atoms with E-state index in [2.05, 4.69) is 126 Å². The first-order valence-corrected chi connectivity index (χ1v) is 14.5. The van der Waals surface area contributed by atoms with Crippen LogP contribution in [0.25, 0.3) is 21.5 Å². The first-order valence-electron chi connectivity index (χ1n) is 14.5. The van der Waals surface area contributed by atoms with E-state index in [1.165, 1.54) is 0 Å². The van der Waals surface area contributed by atoms with Crippen molar-refractivity contribution in [1.82, 2.24) is 0 Å². The van der Waals surface area contributed by atoms with Gasteiger partial charge >= 0.3 is 0 Å². The van der Waals surface area contributed by atoms with Gasteiger partial charge in [-0.3, -0.25) is 0 Å². The number of rotatable bonds is 4. The van der Waals surface area contributed by atoms with Crippen LogP contribution in [0, 0.1) is 34.5 Å². The Morgan fingerprint density at radius 3 is 1.10 bits per heavy atom. The van der Waals surface area contributed by atoms with Crippen LogP contribution in [-0.2, 0) is 0 Å². The van der Waals surface area contributed by atoms with E-state index >= 15 is 0 Å². The molecule has 42 heavy (non-hydrogen) atoms. The highest BCUT2D eigenvalue weighted by Gasteiger charge is 2.12. The van der Waals surface area contributed by atoms with E-state index < -0.39 is 0 Å². The maximum atomic E-state index is 5.96. The lowest BCUT2D eigenvalue weighted by molar-refractivity contribution is 0.198. The third-order valence-corrected chi connectivity index (χ3v) is 6.55. The van der Waals surface area contributed by atoms with Gasteiger partial charge in [0.05, 0.1) is 13.2 Å². The summed E-state index contributed by atoms with van der Waals surface area (Å²) in [5.41, 5.74) is 4.15. The summed E-state index contributed by atoms with van der Waals surface area (Å²) >= 11 is 0. The number of benzene rings is 5. The van der Waals surface area contributed by atoms with Crippen molar-refractivity contribution in [2.45, 2.75) is 41.5 Å². The molecule has 0 unspecified atom stereocenters. The highest BCUT2D eigenvalue weighted by atomic mass is 16.5. The van der Waals surface area contributed by atoms with Crippen molar-refractivity contribution in [3.8, 4) is 35.2 Å². The van der Waals surface area contributed by atoms with Gasteiger partial charge < -0.3 is 9.47 Å². The van der Waals surface area contributed by atoms with Crippen LogP contribution in [0.2, 0.25) is 0 Å². The van der Waals surface area contributed by atoms with Crippen LogP contribution in [0.3, 0.4) is 0 Å². The third kappa shape index (κ3) is 8.19. The van der Waals surface area contributed by atoms with Crippen LogP contribution in [-0.4, -0.2) is 13.2 Å². The first kappa shape index (κ1) is 28.9. The van der Waals surface area contributed by atoms with Crippen molar-refractivity contribution in [1.29, 1.82) is 0 Å². The summed E-state index contributed by atoms with van der Waals surface area (Å²) in [5.74, 6) is 15.0.